The van der Waals surface area contributed by atoms with Gasteiger partial charge in [0.05, 0.1) is 11.0 Å². The van der Waals surface area contributed by atoms with Gasteiger partial charge in [0.1, 0.15) is 0 Å². The van der Waals surface area contributed by atoms with Gasteiger partial charge in [-0.1, -0.05) is 18.2 Å². The molecule has 24 heavy (non-hydrogen) atoms. The van der Waals surface area contributed by atoms with E-state index >= 15 is 0 Å². The van der Waals surface area contributed by atoms with Crippen LogP contribution in [0.1, 0.15) is 36.3 Å². The largest absolute Gasteiger partial charge is 0.416 e. The summed E-state index contributed by atoms with van der Waals surface area (Å²) in [5.74, 6) is -0.452. The summed E-state index contributed by atoms with van der Waals surface area (Å²) in [7, 11) is 0. The zero-order valence-electron chi connectivity index (χ0n) is 13.2. The summed E-state index contributed by atoms with van der Waals surface area (Å²) < 4.78 is 44.6. The van der Waals surface area contributed by atoms with Crippen molar-refractivity contribution in [2.45, 2.75) is 37.4 Å². The number of nitrogens with two attached hydrogens (primary N) is 1. The van der Waals surface area contributed by atoms with E-state index in [0.717, 1.165) is 6.07 Å². The molecule has 1 saturated carbocycles. The van der Waals surface area contributed by atoms with Crippen molar-refractivity contribution in [3.63, 3.8) is 0 Å². The molecule has 1 heterocycles. The second-order valence-corrected chi connectivity index (χ2v) is 6.60. The highest BCUT2D eigenvalue weighted by molar-refractivity contribution is 5.83. The molecule has 0 radical (unpaired) electrons. The van der Waals surface area contributed by atoms with Crippen LogP contribution in [0.25, 0.3) is 0 Å². The van der Waals surface area contributed by atoms with Crippen molar-refractivity contribution in [2.24, 2.45) is 11.1 Å². The number of hydrogen-bond acceptors (Lipinski definition) is 3. The van der Waals surface area contributed by atoms with E-state index in [4.69, 9.17) is 10.5 Å². The third-order valence-electron chi connectivity index (χ3n) is 5.09. The van der Waals surface area contributed by atoms with Gasteiger partial charge in [-0.3, -0.25) is 4.79 Å². The Kier molecular flexibility index (Phi) is 4.57. The van der Waals surface area contributed by atoms with Gasteiger partial charge in [-0.2, -0.15) is 13.2 Å². The number of carbonyl (C=O) groups is 1. The minimum atomic E-state index is -4.38. The summed E-state index contributed by atoms with van der Waals surface area (Å²) in [5, 5.41) is 2.90. The third-order valence-corrected chi connectivity index (χ3v) is 5.09. The standard InChI is InChI=1S/C17H21F3N2O2/c18-17(19,20)13-4-2-1-3-11(13)12-9-14(12)22-15(23)16(10-21)5-7-24-8-6-16/h1-4,12,14H,5-10,21H2,(H,22,23). The number of hydrogen-bond donors (Lipinski definition) is 2. The number of alkyl halides is 3. The molecule has 1 aliphatic carbocycles. The third kappa shape index (κ3) is 3.28. The molecule has 0 aromatic heterocycles. The lowest BCUT2D eigenvalue weighted by Crippen LogP contribution is -2.49. The van der Waals surface area contributed by atoms with Crippen LogP contribution < -0.4 is 11.1 Å². The molecular formula is C17H21F3N2O2. The van der Waals surface area contributed by atoms with Crippen molar-refractivity contribution >= 4 is 5.91 Å². The Morgan fingerprint density at radius 2 is 1.96 bits per heavy atom. The quantitative estimate of drug-likeness (QED) is 0.883. The van der Waals surface area contributed by atoms with Gasteiger partial charge in [-0.05, 0) is 30.9 Å². The maximum atomic E-state index is 13.1. The van der Waals surface area contributed by atoms with Crippen molar-refractivity contribution in [1.82, 2.24) is 5.32 Å². The smallest absolute Gasteiger partial charge is 0.381 e. The molecule has 2 atom stereocenters. The lowest BCUT2D eigenvalue weighted by molar-refractivity contribution is -0.138. The molecule has 0 bridgehead atoms. The predicted octanol–water partition coefficient (Wildman–Crippen LogP) is 2.43. The van der Waals surface area contributed by atoms with Crippen molar-refractivity contribution in [3.05, 3.63) is 35.4 Å². The van der Waals surface area contributed by atoms with Gasteiger partial charge >= 0.3 is 6.18 Å². The summed E-state index contributed by atoms with van der Waals surface area (Å²) in [4.78, 5) is 12.6. The van der Waals surface area contributed by atoms with Crippen molar-refractivity contribution < 1.29 is 22.7 Å². The lowest BCUT2D eigenvalue weighted by Gasteiger charge is -2.34. The van der Waals surface area contributed by atoms with Crippen molar-refractivity contribution in [1.29, 1.82) is 0 Å². The number of rotatable bonds is 4. The van der Waals surface area contributed by atoms with Crippen LogP contribution in [0.2, 0.25) is 0 Å². The summed E-state index contributed by atoms with van der Waals surface area (Å²) in [5.41, 5.74) is 4.77. The average Bonchev–Trinajstić information content (AvgIpc) is 3.33. The van der Waals surface area contributed by atoms with Crippen molar-refractivity contribution in [3.8, 4) is 0 Å². The first-order valence-electron chi connectivity index (χ1n) is 8.12. The van der Waals surface area contributed by atoms with E-state index in [0.29, 0.717) is 32.5 Å². The molecule has 3 rings (SSSR count). The van der Waals surface area contributed by atoms with Crippen LogP contribution in [-0.2, 0) is 15.7 Å². The van der Waals surface area contributed by atoms with Crippen LogP contribution in [0.4, 0.5) is 13.2 Å². The van der Waals surface area contributed by atoms with Gasteiger partial charge in [0.15, 0.2) is 0 Å². The Morgan fingerprint density at radius 3 is 2.58 bits per heavy atom. The van der Waals surface area contributed by atoms with Gasteiger partial charge < -0.3 is 15.8 Å². The molecule has 1 aliphatic heterocycles. The van der Waals surface area contributed by atoms with Crippen molar-refractivity contribution in [2.75, 3.05) is 19.8 Å². The monoisotopic (exact) mass is 342 g/mol. The lowest BCUT2D eigenvalue weighted by atomic mass is 9.79. The van der Waals surface area contributed by atoms with E-state index in [9.17, 15) is 18.0 Å². The number of halogens is 3. The topological polar surface area (TPSA) is 64.4 Å². The molecule has 132 valence electrons. The fourth-order valence-electron chi connectivity index (χ4n) is 3.38. The SMILES string of the molecule is NCC1(C(=O)NC2CC2c2ccccc2C(F)(F)F)CCOCC1. The van der Waals surface area contributed by atoms with E-state index in [1.807, 2.05) is 0 Å². The molecule has 2 aliphatic rings. The number of ether oxygens (including phenoxy) is 1. The minimum Gasteiger partial charge on any atom is -0.381 e. The number of amides is 1. The van der Waals surface area contributed by atoms with Gasteiger partial charge in [-0.15, -0.1) is 0 Å². The number of carbonyl (C=O) groups excluding carboxylic acids is 1. The zero-order chi connectivity index (χ0) is 17.4. The Bertz CT molecular complexity index is 612. The minimum absolute atomic E-state index is 0.162. The fraction of sp³-hybridized carbons (Fsp3) is 0.588. The highest BCUT2D eigenvalue weighted by Crippen LogP contribution is 2.46. The Balaban J connectivity index is 1.69. The molecule has 1 saturated heterocycles. The summed E-state index contributed by atoms with van der Waals surface area (Å²) in [6.07, 6.45) is -2.76. The molecule has 1 aromatic rings. The molecule has 1 amide bonds. The van der Waals surface area contributed by atoms with Gasteiger partial charge in [0.2, 0.25) is 5.91 Å². The maximum absolute atomic E-state index is 13.1. The molecule has 4 nitrogen and oxygen atoms in total. The van der Waals surface area contributed by atoms with Crippen LogP contribution in [0, 0.1) is 5.41 Å². The maximum Gasteiger partial charge on any atom is 0.416 e. The molecule has 2 fully saturated rings. The molecule has 3 N–H and O–H groups in total. The molecule has 7 heteroatoms. The van der Waals surface area contributed by atoms with E-state index in [-0.39, 0.29) is 30.0 Å². The highest BCUT2D eigenvalue weighted by atomic mass is 19.4. The first kappa shape index (κ1) is 17.2. The van der Waals surface area contributed by atoms with E-state index in [2.05, 4.69) is 5.32 Å². The fourth-order valence-corrected chi connectivity index (χ4v) is 3.38. The van der Waals surface area contributed by atoms with Crippen LogP contribution in [0.3, 0.4) is 0 Å². The van der Waals surface area contributed by atoms with E-state index in [1.165, 1.54) is 12.1 Å². The summed E-state index contributed by atoms with van der Waals surface area (Å²) in [6.45, 7) is 1.18. The Morgan fingerprint density at radius 1 is 1.29 bits per heavy atom. The normalized spacial score (nSPS) is 26.0. The zero-order valence-corrected chi connectivity index (χ0v) is 13.2. The van der Waals surface area contributed by atoms with Crippen LogP contribution in [-0.4, -0.2) is 31.7 Å². The molecular weight excluding hydrogens is 321 g/mol. The van der Waals surface area contributed by atoms with Crippen LogP contribution >= 0.6 is 0 Å². The molecule has 1 aromatic carbocycles. The Hall–Kier alpha value is -1.60. The number of benzene rings is 1. The number of nitrogens with one attached hydrogen (secondary N) is 1. The van der Waals surface area contributed by atoms with Gasteiger partial charge in [0.25, 0.3) is 0 Å². The van der Waals surface area contributed by atoms with E-state index in [1.54, 1.807) is 6.07 Å². The van der Waals surface area contributed by atoms with Gasteiger partial charge in [-0.25, -0.2) is 0 Å². The first-order chi connectivity index (χ1) is 11.4. The van der Waals surface area contributed by atoms with Crippen LogP contribution in [0.5, 0.6) is 0 Å². The van der Waals surface area contributed by atoms with Gasteiger partial charge in [0, 0.05) is 31.7 Å². The second-order valence-electron chi connectivity index (χ2n) is 6.60. The molecule has 0 spiro atoms. The van der Waals surface area contributed by atoms with E-state index < -0.39 is 17.2 Å². The highest BCUT2D eigenvalue weighted by Gasteiger charge is 2.47. The first-order valence-corrected chi connectivity index (χ1v) is 8.12. The average molecular weight is 342 g/mol. The molecule has 2 unspecified atom stereocenters. The summed E-state index contributed by atoms with van der Waals surface area (Å²) in [6, 6.07) is 5.31. The summed E-state index contributed by atoms with van der Waals surface area (Å²) >= 11 is 0. The predicted molar refractivity (Wildman–Crippen MR) is 82.3 cm³/mol. The Labute approximate surface area is 138 Å². The second kappa shape index (κ2) is 6.37. The van der Waals surface area contributed by atoms with Crippen LogP contribution in [0.15, 0.2) is 24.3 Å².